The van der Waals surface area contributed by atoms with Crippen LogP contribution in [0.3, 0.4) is 0 Å². The average Bonchev–Trinajstić information content (AvgIpc) is 2.56. The van der Waals surface area contributed by atoms with Gasteiger partial charge in [0.25, 0.3) is 0 Å². The van der Waals surface area contributed by atoms with Crippen LogP contribution in [0.15, 0.2) is 15.9 Å². The fraction of sp³-hybridized carbons (Fsp3) is 0.692. The van der Waals surface area contributed by atoms with Crippen LogP contribution in [0.25, 0.3) is 0 Å². The van der Waals surface area contributed by atoms with E-state index >= 15 is 0 Å². The quantitative estimate of drug-likeness (QED) is 0.809. The van der Waals surface area contributed by atoms with Gasteiger partial charge in [0, 0.05) is 15.4 Å². The molecular weight excluding hydrogens is 282 g/mol. The first-order chi connectivity index (χ1) is 7.81. The molecule has 16 heavy (non-hydrogen) atoms. The Balaban J connectivity index is 2.05. The normalized spacial score (nSPS) is 26.6. The number of rotatable bonds is 3. The average molecular weight is 302 g/mol. The standard InChI is InChI=1S/C13H20BrNS/c1-2-15-11-6-4-3-5-10(9-11)13-12(14)7-8-16-13/h7-8,10-11,15H,2-6,9H2,1H3. The summed E-state index contributed by atoms with van der Waals surface area (Å²) >= 11 is 5.59. The second-order valence-electron chi connectivity index (χ2n) is 4.60. The molecule has 1 heterocycles. The molecule has 2 unspecified atom stereocenters. The smallest absolute Gasteiger partial charge is 0.0317 e. The van der Waals surface area contributed by atoms with Crippen molar-refractivity contribution in [1.82, 2.24) is 5.32 Å². The summed E-state index contributed by atoms with van der Waals surface area (Å²) in [4.78, 5) is 1.56. The Morgan fingerprint density at radius 3 is 2.94 bits per heavy atom. The van der Waals surface area contributed by atoms with Crippen LogP contribution in [0.2, 0.25) is 0 Å². The number of thiophene rings is 1. The zero-order valence-electron chi connectivity index (χ0n) is 9.84. The summed E-state index contributed by atoms with van der Waals surface area (Å²) in [5.41, 5.74) is 0. The van der Waals surface area contributed by atoms with Crippen molar-refractivity contribution in [3.8, 4) is 0 Å². The lowest BCUT2D eigenvalue weighted by molar-refractivity contribution is 0.451. The van der Waals surface area contributed by atoms with Gasteiger partial charge in [-0.15, -0.1) is 11.3 Å². The lowest BCUT2D eigenvalue weighted by Crippen LogP contribution is -2.29. The van der Waals surface area contributed by atoms with Gasteiger partial charge in [-0.1, -0.05) is 19.8 Å². The second-order valence-corrected chi connectivity index (χ2v) is 6.41. The maximum atomic E-state index is 3.68. The molecule has 1 aliphatic carbocycles. The Bertz CT molecular complexity index is 323. The van der Waals surface area contributed by atoms with Crippen LogP contribution in [0.1, 0.15) is 49.8 Å². The van der Waals surface area contributed by atoms with Gasteiger partial charge in [-0.2, -0.15) is 0 Å². The lowest BCUT2D eigenvalue weighted by Gasteiger charge is -2.20. The monoisotopic (exact) mass is 301 g/mol. The highest BCUT2D eigenvalue weighted by Crippen LogP contribution is 2.38. The van der Waals surface area contributed by atoms with E-state index in [9.17, 15) is 0 Å². The maximum absolute atomic E-state index is 3.68. The van der Waals surface area contributed by atoms with Gasteiger partial charge in [-0.3, -0.25) is 0 Å². The molecule has 90 valence electrons. The fourth-order valence-electron chi connectivity index (χ4n) is 2.67. The molecule has 0 aromatic carbocycles. The first-order valence-corrected chi connectivity index (χ1v) is 7.94. The highest BCUT2D eigenvalue weighted by atomic mass is 79.9. The molecule has 1 aromatic heterocycles. The summed E-state index contributed by atoms with van der Waals surface area (Å²) < 4.78 is 1.32. The van der Waals surface area contributed by atoms with Crippen LogP contribution in [0.4, 0.5) is 0 Å². The van der Waals surface area contributed by atoms with Gasteiger partial charge in [-0.05, 0) is 59.1 Å². The Kier molecular flexibility index (Phi) is 4.86. The van der Waals surface area contributed by atoms with Crippen LogP contribution in [-0.4, -0.2) is 12.6 Å². The molecule has 1 nitrogen and oxygen atoms in total. The molecule has 0 amide bonds. The summed E-state index contributed by atoms with van der Waals surface area (Å²) in [5, 5.41) is 5.83. The number of hydrogen-bond donors (Lipinski definition) is 1. The van der Waals surface area contributed by atoms with Gasteiger partial charge in [0.2, 0.25) is 0 Å². The number of hydrogen-bond acceptors (Lipinski definition) is 2. The molecule has 1 saturated carbocycles. The minimum Gasteiger partial charge on any atom is -0.314 e. The molecule has 1 fully saturated rings. The molecule has 1 aliphatic rings. The first kappa shape index (κ1) is 12.6. The highest BCUT2D eigenvalue weighted by Gasteiger charge is 2.23. The van der Waals surface area contributed by atoms with Crippen molar-refractivity contribution in [3.63, 3.8) is 0 Å². The van der Waals surface area contributed by atoms with Gasteiger partial charge in [-0.25, -0.2) is 0 Å². The van der Waals surface area contributed by atoms with E-state index in [0.717, 1.165) is 18.5 Å². The minimum absolute atomic E-state index is 0.728. The molecule has 0 saturated heterocycles. The van der Waals surface area contributed by atoms with Crippen molar-refractivity contribution >= 4 is 27.3 Å². The molecule has 1 N–H and O–H groups in total. The Labute approximate surface area is 111 Å². The van der Waals surface area contributed by atoms with E-state index in [0.29, 0.717) is 0 Å². The highest BCUT2D eigenvalue weighted by molar-refractivity contribution is 9.10. The van der Waals surface area contributed by atoms with Crippen molar-refractivity contribution < 1.29 is 0 Å². The van der Waals surface area contributed by atoms with Gasteiger partial charge >= 0.3 is 0 Å². The lowest BCUT2D eigenvalue weighted by atomic mass is 9.96. The van der Waals surface area contributed by atoms with Crippen LogP contribution in [-0.2, 0) is 0 Å². The molecule has 0 radical (unpaired) electrons. The van der Waals surface area contributed by atoms with Crippen LogP contribution >= 0.6 is 27.3 Å². The van der Waals surface area contributed by atoms with Gasteiger partial charge in [0.05, 0.1) is 0 Å². The maximum Gasteiger partial charge on any atom is 0.0317 e. The summed E-state index contributed by atoms with van der Waals surface area (Å²) in [5.74, 6) is 0.765. The third kappa shape index (κ3) is 3.08. The van der Waals surface area contributed by atoms with Crippen molar-refractivity contribution in [2.75, 3.05) is 6.54 Å². The zero-order valence-corrected chi connectivity index (χ0v) is 12.2. The van der Waals surface area contributed by atoms with Gasteiger partial charge < -0.3 is 5.32 Å². The van der Waals surface area contributed by atoms with Crippen LogP contribution in [0.5, 0.6) is 0 Å². The van der Waals surface area contributed by atoms with E-state index in [1.807, 2.05) is 11.3 Å². The summed E-state index contributed by atoms with van der Waals surface area (Å²) in [6.45, 7) is 3.31. The van der Waals surface area contributed by atoms with Crippen molar-refractivity contribution in [2.45, 2.75) is 51.0 Å². The summed E-state index contributed by atoms with van der Waals surface area (Å²) in [7, 11) is 0. The van der Waals surface area contributed by atoms with Crippen LogP contribution in [0, 0.1) is 0 Å². The van der Waals surface area contributed by atoms with E-state index in [-0.39, 0.29) is 0 Å². The second kappa shape index (κ2) is 6.18. The van der Waals surface area contributed by atoms with Gasteiger partial charge in [0.15, 0.2) is 0 Å². The predicted molar refractivity (Wildman–Crippen MR) is 75.3 cm³/mol. The van der Waals surface area contributed by atoms with E-state index < -0.39 is 0 Å². The Morgan fingerprint density at radius 2 is 2.25 bits per heavy atom. The third-order valence-corrected chi connectivity index (χ3v) is 5.47. The largest absolute Gasteiger partial charge is 0.314 e. The minimum atomic E-state index is 0.728. The molecule has 1 aromatic rings. The SMILES string of the molecule is CCNC1CCCCC(c2sccc2Br)C1. The molecule has 0 spiro atoms. The first-order valence-electron chi connectivity index (χ1n) is 6.27. The molecule has 0 bridgehead atoms. The van der Waals surface area contributed by atoms with E-state index in [1.165, 1.54) is 36.6 Å². The predicted octanol–water partition coefficient (Wildman–Crippen LogP) is 4.54. The number of halogens is 1. The number of nitrogens with one attached hydrogen (secondary N) is 1. The third-order valence-electron chi connectivity index (χ3n) is 3.43. The topological polar surface area (TPSA) is 12.0 Å². The van der Waals surface area contributed by atoms with E-state index in [2.05, 4.69) is 39.6 Å². The van der Waals surface area contributed by atoms with E-state index in [1.54, 1.807) is 4.88 Å². The fourth-order valence-corrected chi connectivity index (χ4v) is 4.52. The van der Waals surface area contributed by atoms with Crippen molar-refractivity contribution in [1.29, 1.82) is 0 Å². The van der Waals surface area contributed by atoms with Crippen LogP contribution < -0.4 is 5.32 Å². The summed E-state index contributed by atoms with van der Waals surface area (Å²) in [6.07, 6.45) is 6.80. The van der Waals surface area contributed by atoms with E-state index in [4.69, 9.17) is 0 Å². The van der Waals surface area contributed by atoms with Crippen molar-refractivity contribution in [2.24, 2.45) is 0 Å². The Hall–Kier alpha value is 0.140. The Morgan fingerprint density at radius 1 is 1.44 bits per heavy atom. The molecular formula is C13H20BrNS. The van der Waals surface area contributed by atoms with Gasteiger partial charge in [0.1, 0.15) is 0 Å². The zero-order chi connectivity index (χ0) is 11.4. The molecule has 3 heteroatoms. The molecule has 2 rings (SSSR count). The summed E-state index contributed by atoms with van der Waals surface area (Å²) in [6, 6.07) is 2.92. The van der Waals surface area contributed by atoms with Crippen molar-refractivity contribution in [3.05, 3.63) is 20.8 Å². The molecule has 2 atom stereocenters. The molecule has 0 aliphatic heterocycles.